The number of rotatable bonds is 5. The van der Waals surface area contributed by atoms with E-state index in [2.05, 4.69) is 4.98 Å². The average molecular weight is 316 g/mol. The Morgan fingerprint density at radius 2 is 2.10 bits per heavy atom. The van der Waals surface area contributed by atoms with Crippen molar-refractivity contribution >= 4 is 27.1 Å². The Labute approximate surface area is 123 Å². The van der Waals surface area contributed by atoms with Crippen molar-refractivity contribution in [1.82, 2.24) is 4.98 Å². The molecule has 0 radical (unpaired) electrons. The van der Waals surface area contributed by atoms with Crippen LogP contribution in [-0.4, -0.2) is 24.6 Å². The van der Waals surface area contributed by atoms with Crippen molar-refractivity contribution < 1.29 is 13.2 Å². The van der Waals surface area contributed by atoms with E-state index in [4.69, 9.17) is 5.73 Å². The van der Waals surface area contributed by atoms with Gasteiger partial charge in [-0.25, -0.2) is 13.4 Å². The second-order valence-corrected chi connectivity index (χ2v) is 8.57. The fraction of sp³-hybridized carbons (Fsp3) is 0.692. The lowest BCUT2D eigenvalue weighted by Gasteiger charge is -2.18. The third kappa shape index (κ3) is 3.58. The number of aromatic nitrogens is 1. The Morgan fingerprint density at radius 1 is 1.45 bits per heavy atom. The van der Waals surface area contributed by atoms with Crippen molar-refractivity contribution in [3.63, 3.8) is 0 Å². The van der Waals surface area contributed by atoms with Gasteiger partial charge in [0.1, 0.15) is 5.25 Å². The van der Waals surface area contributed by atoms with E-state index >= 15 is 0 Å². The summed E-state index contributed by atoms with van der Waals surface area (Å²) in [6.07, 6.45) is 5.99. The van der Waals surface area contributed by atoms with Gasteiger partial charge in [0.2, 0.25) is 5.91 Å². The molecule has 2 rings (SSSR count). The van der Waals surface area contributed by atoms with Gasteiger partial charge >= 0.3 is 0 Å². The summed E-state index contributed by atoms with van der Waals surface area (Å²) in [5, 5.41) is 1.65. The lowest BCUT2D eigenvalue weighted by atomic mass is 9.90. The number of nitrogens with zero attached hydrogens (tertiary/aromatic N) is 1. The quantitative estimate of drug-likeness (QED) is 0.899. The Balaban J connectivity index is 2.07. The molecule has 0 aromatic carbocycles. The molecule has 1 aromatic heterocycles. The zero-order chi connectivity index (χ0) is 14.8. The summed E-state index contributed by atoms with van der Waals surface area (Å²) in [7, 11) is -3.56. The Kier molecular flexibility index (Phi) is 4.80. The molecular weight excluding hydrogens is 296 g/mol. The molecule has 0 spiro atoms. The SMILES string of the molecule is C[C@@H](C(N)=O)S(=O)(=O)Cc1csc(C2CCCCC2)n1. The molecule has 1 fully saturated rings. The summed E-state index contributed by atoms with van der Waals surface area (Å²) in [5.41, 5.74) is 5.59. The van der Waals surface area contributed by atoms with Gasteiger partial charge in [0.15, 0.2) is 9.84 Å². The summed E-state index contributed by atoms with van der Waals surface area (Å²) in [5.74, 6) is -0.549. The number of amides is 1. The van der Waals surface area contributed by atoms with Gasteiger partial charge in [0, 0.05) is 11.3 Å². The van der Waals surface area contributed by atoms with Crippen LogP contribution in [0.25, 0.3) is 0 Å². The average Bonchev–Trinajstić information content (AvgIpc) is 2.86. The minimum Gasteiger partial charge on any atom is -0.369 e. The smallest absolute Gasteiger partial charge is 0.235 e. The summed E-state index contributed by atoms with van der Waals surface area (Å²) >= 11 is 1.53. The molecule has 112 valence electrons. The molecule has 1 amide bonds. The molecule has 0 aliphatic heterocycles. The molecule has 1 saturated carbocycles. The van der Waals surface area contributed by atoms with Gasteiger partial charge in [0.25, 0.3) is 0 Å². The zero-order valence-corrected chi connectivity index (χ0v) is 13.2. The van der Waals surface area contributed by atoms with E-state index in [1.165, 1.54) is 37.5 Å². The topological polar surface area (TPSA) is 90.1 Å². The zero-order valence-electron chi connectivity index (χ0n) is 11.5. The number of thiazole rings is 1. The molecule has 1 aliphatic rings. The first-order valence-electron chi connectivity index (χ1n) is 6.85. The summed E-state index contributed by atoms with van der Waals surface area (Å²) in [4.78, 5) is 15.5. The number of carbonyl (C=O) groups excluding carboxylic acids is 1. The third-order valence-corrected chi connectivity index (χ3v) is 6.88. The van der Waals surface area contributed by atoms with Gasteiger partial charge in [-0.1, -0.05) is 19.3 Å². The highest BCUT2D eigenvalue weighted by Crippen LogP contribution is 2.34. The van der Waals surface area contributed by atoms with Gasteiger partial charge in [-0.2, -0.15) is 0 Å². The normalized spacial score (nSPS) is 18.9. The number of carbonyl (C=O) groups is 1. The maximum Gasteiger partial charge on any atom is 0.235 e. The maximum absolute atomic E-state index is 12.0. The number of nitrogens with two attached hydrogens (primary N) is 1. The van der Waals surface area contributed by atoms with Crippen LogP contribution in [0.3, 0.4) is 0 Å². The highest BCUT2D eigenvalue weighted by Gasteiger charge is 2.27. The first-order chi connectivity index (χ1) is 9.40. The summed E-state index contributed by atoms with van der Waals surface area (Å²) < 4.78 is 24.0. The number of primary amides is 1. The van der Waals surface area contributed by atoms with E-state index in [1.807, 2.05) is 0 Å². The monoisotopic (exact) mass is 316 g/mol. The number of hydrogen-bond acceptors (Lipinski definition) is 5. The predicted octanol–water partition coefficient (Wildman–Crippen LogP) is 1.98. The molecular formula is C13H20N2O3S2. The Morgan fingerprint density at radius 3 is 2.70 bits per heavy atom. The molecule has 20 heavy (non-hydrogen) atoms. The summed E-state index contributed by atoms with van der Waals surface area (Å²) in [6.45, 7) is 1.33. The van der Waals surface area contributed by atoms with Crippen LogP contribution in [0.15, 0.2) is 5.38 Å². The lowest BCUT2D eigenvalue weighted by molar-refractivity contribution is -0.117. The fourth-order valence-corrected chi connectivity index (χ4v) is 4.69. The van der Waals surface area contributed by atoms with Crippen molar-refractivity contribution in [2.45, 2.75) is 55.9 Å². The fourth-order valence-electron chi connectivity index (χ4n) is 2.43. The van der Waals surface area contributed by atoms with Crippen molar-refractivity contribution in [1.29, 1.82) is 0 Å². The summed E-state index contributed by atoms with van der Waals surface area (Å²) in [6, 6.07) is 0. The standard InChI is InChI=1S/C13H20N2O3S2/c1-9(12(14)16)20(17,18)8-11-7-19-13(15-11)10-5-3-2-4-6-10/h7,9-10H,2-6,8H2,1H3,(H2,14,16)/t9-/m0/s1. The molecule has 1 aliphatic carbocycles. The van der Waals surface area contributed by atoms with Crippen LogP contribution in [0.4, 0.5) is 0 Å². The molecule has 1 aromatic rings. The molecule has 5 nitrogen and oxygen atoms in total. The van der Waals surface area contributed by atoms with Crippen molar-refractivity contribution in [2.24, 2.45) is 5.73 Å². The van der Waals surface area contributed by atoms with E-state index in [1.54, 1.807) is 5.38 Å². The van der Waals surface area contributed by atoms with Gasteiger partial charge in [0.05, 0.1) is 16.5 Å². The van der Waals surface area contributed by atoms with Crippen LogP contribution >= 0.6 is 11.3 Å². The first kappa shape index (κ1) is 15.4. The third-order valence-electron chi connectivity index (χ3n) is 3.81. The van der Waals surface area contributed by atoms with Crippen LogP contribution in [0.5, 0.6) is 0 Å². The highest BCUT2D eigenvalue weighted by atomic mass is 32.2. The Hall–Kier alpha value is -0.950. The minimum absolute atomic E-state index is 0.208. The molecule has 0 unspecified atom stereocenters. The van der Waals surface area contributed by atoms with Crippen LogP contribution in [-0.2, 0) is 20.4 Å². The lowest BCUT2D eigenvalue weighted by Crippen LogP contribution is -2.34. The van der Waals surface area contributed by atoms with Crippen LogP contribution < -0.4 is 5.73 Å². The molecule has 1 heterocycles. The van der Waals surface area contributed by atoms with Crippen LogP contribution in [0.1, 0.15) is 55.6 Å². The van der Waals surface area contributed by atoms with Crippen molar-refractivity contribution in [2.75, 3.05) is 0 Å². The number of sulfone groups is 1. The van der Waals surface area contributed by atoms with Gasteiger partial charge in [-0.15, -0.1) is 11.3 Å². The van der Waals surface area contributed by atoms with E-state index < -0.39 is 21.0 Å². The molecule has 7 heteroatoms. The van der Waals surface area contributed by atoms with Crippen LogP contribution in [0, 0.1) is 0 Å². The maximum atomic E-state index is 12.0. The molecule has 0 bridgehead atoms. The van der Waals surface area contributed by atoms with Crippen molar-refractivity contribution in [3.05, 3.63) is 16.1 Å². The predicted molar refractivity (Wildman–Crippen MR) is 79.2 cm³/mol. The molecule has 0 saturated heterocycles. The van der Waals surface area contributed by atoms with Gasteiger partial charge < -0.3 is 5.73 Å². The molecule has 1 atom stereocenters. The largest absolute Gasteiger partial charge is 0.369 e. The van der Waals surface area contributed by atoms with Gasteiger partial charge in [-0.3, -0.25) is 4.79 Å². The van der Waals surface area contributed by atoms with Gasteiger partial charge in [-0.05, 0) is 19.8 Å². The number of hydrogen-bond donors (Lipinski definition) is 1. The van der Waals surface area contributed by atoms with E-state index in [0.29, 0.717) is 11.6 Å². The molecule has 2 N–H and O–H groups in total. The van der Waals surface area contributed by atoms with E-state index in [9.17, 15) is 13.2 Å². The van der Waals surface area contributed by atoms with E-state index in [0.717, 1.165) is 17.8 Å². The Bertz CT molecular complexity index is 574. The highest BCUT2D eigenvalue weighted by molar-refractivity contribution is 7.92. The second-order valence-electron chi connectivity index (χ2n) is 5.36. The van der Waals surface area contributed by atoms with Crippen LogP contribution in [0.2, 0.25) is 0 Å². The first-order valence-corrected chi connectivity index (χ1v) is 9.45. The van der Waals surface area contributed by atoms with E-state index in [-0.39, 0.29) is 5.75 Å². The second kappa shape index (κ2) is 6.22. The van der Waals surface area contributed by atoms with Crippen molar-refractivity contribution in [3.8, 4) is 0 Å². The minimum atomic E-state index is -3.56.